The van der Waals surface area contributed by atoms with Crippen LogP contribution < -0.4 is 15.4 Å². The van der Waals surface area contributed by atoms with Crippen molar-refractivity contribution < 1.29 is 9.53 Å². The summed E-state index contributed by atoms with van der Waals surface area (Å²) >= 11 is 0. The second kappa shape index (κ2) is 9.66. The molecule has 1 aromatic carbocycles. The molecule has 140 valence electrons. The van der Waals surface area contributed by atoms with Crippen LogP contribution in [0, 0.1) is 5.92 Å². The van der Waals surface area contributed by atoms with Gasteiger partial charge < -0.3 is 20.3 Å². The molecule has 1 aliphatic rings. The van der Waals surface area contributed by atoms with Crippen LogP contribution in [0.15, 0.2) is 24.3 Å². The highest BCUT2D eigenvalue weighted by molar-refractivity contribution is 5.74. The Morgan fingerprint density at radius 2 is 2.04 bits per heavy atom. The minimum Gasteiger partial charge on any atom is -0.497 e. The summed E-state index contributed by atoms with van der Waals surface area (Å²) < 4.78 is 5.19. The highest BCUT2D eigenvalue weighted by atomic mass is 16.5. The molecule has 2 rings (SSSR count). The Kier molecular flexibility index (Phi) is 7.56. The second-order valence-electron chi connectivity index (χ2n) is 7.19. The minimum atomic E-state index is -0.0793. The fraction of sp³-hybridized carbons (Fsp3) is 0.650. The molecule has 0 spiro atoms. The third-order valence-electron chi connectivity index (χ3n) is 5.06. The Balaban J connectivity index is 1.81. The number of piperidine rings is 1. The number of benzene rings is 1. The molecule has 0 bridgehead atoms. The fourth-order valence-corrected chi connectivity index (χ4v) is 3.44. The predicted octanol–water partition coefficient (Wildman–Crippen LogP) is 3.57. The summed E-state index contributed by atoms with van der Waals surface area (Å²) in [6.07, 6.45) is 3.26. The van der Waals surface area contributed by atoms with Gasteiger partial charge in [0.1, 0.15) is 5.75 Å². The van der Waals surface area contributed by atoms with Gasteiger partial charge in [-0.3, -0.25) is 0 Å². The van der Waals surface area contributed by atoms with E-state index in [-0.39, 0.29) is 12.1 Å². The monoisotopic (exact) mass is 347 g/mol. The number of nitrogens with one attached hydrogen (secondary N) is 2. The molecule has 2 unspecified atom stereocenters. The van der Waals surface area contributed by atoms with Gasteiger partial charge in [-0.25, -0.2) is 4.79 Å². The average molecular weight is 348 g/mol. The van der Waals surface area contributed by atoms with Gasteiger partial charge in [-0.2, -0.15) is 0 Å². The molecule has 5 heteroatoms. The smallest absolute Gasteiger partial charge is 0.315 e. The van der Waals surface area contributed by atoms with E-state index in [1.54, 1.807) is 7.11 Å². The molecule has 1 saturated heterocycles. The van der Waals surface area contributed by atoms with Gasteiger partial charge in [-0.15, -0.1) is 0 Å². The number of amides is 2. The van der Waals surface area contributed by atoms with Crippen LogP contribution in [0.4, 0.5) is 4.79 Å². The summed E-state index contributed by atoms with van der Waals surface area (Å²) in [7, 11) is 1.66. The van der Waals surface area contributed by atoms with Crippen molar-refractivity contribution in [2.45, 2.75) is 52.1 Å². The van der Waals surface area contributed by atoms with Crippen LogP contribution in [0.25, 0.3) is 0 Å². The predicted molar refractivity (Wildman–Crippen MR) is 102 cm³/mol. The van der Waals surface area contributed by atoms with Gasteiger partial charge in [-0.1, -0.05) is 19.1 Å². The van der Waals surface area contributed by atoms with E-state index in [4.69, 9.17) is 4.74 Å². The molecular weight excluding hydrogens is 314 g/mol. The zero-order chi connectivity index (χ0) is 18.2. The fourth-order valence-electron chi connectivity index (χ4n) is 3.44. The van der Waals surface area contributed by atoms with Crippen LogP contribution in [-0.4, -0.2) is 43.7 Å². The van der Waals surface area contributed by atoms with E-state index in [9.17, 15) is 4.79 Å². The van der Waals surface area contributed by atoms with Gasteiger partial charge >= 0.3 is 6.03 Å². The second-order valence-corrected chi connectivity index (χ2v) is 7.19. The van der Waals surface area contributed by atoms with E-state index in [1.807, 2.05) is 24.3 Å². The largest absolute Gasteiger partial charge is 0.497 e. The third-order valence-corrected chi connectivity index (χ3v) is 5.06. The Hall–Kier alpha value is -1.75. The lowest BCUT2D eigenvalue weighted by Crippen LogP contribution is -2.46. The first kappa shape index (κ1) is 19.6. The molecule has 2 N–H and O–H groups in total. The lowest BCUT2D eigenvalue weighted by atomic mass is 9.97. The standard InChI is InChI=1S/C20H33N3O2/c1-5-19(17-8-10-18(25-4)11-9-17)22-20(24)21-13-16-7-6-12-23(14-16)15(2)3/h8-11,15-16,19H,5-7,12-14H2,1-4H3,(H2,21,22,24). The molecule has 1 aliphatic heterocycles. The van der Waals surface area contributed by atoms with Crippen LogP contribution in [0.3, 0.4) is 0 Å². The van der Waals surface area contributed by atoms with Crippen molar-refractivity contribution in [3.05, 3.63) is 29.8 Å². The van der Waals surface area contributed by atoms with Crippen molar-refractivity contribution >= 4 is 6.03 Å². The van der Waals surface area contributed by atoms with Crippen LogP contribution in [0.1, 0.15) is 51.6 Å². The third kappa shape index (κ3) is 5.92. The van der Waals surface area contributed by atoms with Crippen LogP contribution in [-0.2, 0) is 0 Å². The van der Waals surface area contributed by atoms with Crippen LogP contribution >= 0.6 is 0 Å². The van der Waals surface area contributed by atoms with Gasteiger partial charge in [0.05, 0.1) is 13.2 Å². The normalized spacial score (nSPS) is 19.5. The van der Waals surface area contributed by atoms with Gasteiger partial charge in [0.2, 0.25) is 0 Å². The summed E-state index contributed by atoms with van der Waals surface area (Å²) in [4.78, 5) is 14.8. The minimum absolute atomic E-state index is 0.0180. The highest BCUT2D eigenvalue weighted by Gasteiger charge is 2.22. The maximum Gasteiger partial charge on any atom is 0.315 e. The van der Waals surface area contributed by atoms with E-state index >= 15 is 0 Å². The summed E-state index contributed by atoms with van der Waals surface area (Å²) in [6.45, 7) is 9.56. The molecule has 2 amide bonds. The number of carbonyl (C=O) groups is 1. The average Bonchev–Trinajstić information content (AvgIpc) is 2.64. The summed E-state index contributed by atoms with van der Waals surface area (Å²) in [5.74, 6) is 1.37. The number of nitrogens with zero attached hydrogens (tertiary/aromatic N) is 1. The molecule has 0 radical (unpaired) electrons. The van der Waals surface area contributed by atoms with Gasteiger partial charge in [0.15, 0.2) is 0 Å². The highest BCUT2D eigenvalue weighted by Crippen LogP contribution is 2.20. The van der Waals surface area contributed by atoms with Crippen molar-refractivity contribution in [3.63, 3.8) is 0 Å². The van der Waals surface area contributed by atoms with E-state index in [1.165, 1.54) is 19.4 Å². The first-order chi connectivity index (χ1) is 12.0. The molecule has 25 heavy (non-hydrogen) atoms. The molecule has 5 nitrogen and oxygen atoms in total. The maximum absolute atomic E-state index is 12.3. The van der Waals surface area contributed by atoms with Crippen molar-refractivity contribution in [2.24, 2.45) is 5.92 Å². The Morgan fingerprint density at radius 1 is 1.32 bits per heavy atom. The first-order valence-corrected chi connectivity index (χ1v) is 9.45. The number of ether oxygens (including phenoxy) is 1. The lowest BCUT2D eigenvalue weighted by molar-refractivity contribution is 0.139. The van der Waals surface area contributed by atoms with E-state index in [0.29, 0.717) is 12.0 Å². The van der Waals surface area contributed by atoms with Crippen LogP contribution in [0.5, 0.6) is 5.75 Å². The van der Waals surface area contributed by atoms with Gasteiger partial charge in [-0.05, 0) is 63.3 Å². The molecule has 1 aromatic rings. The zero-order valence-electron chi connectivity index (χ0n) is 16.0. The lowest BCUT2D eigenvalue weighted by Gasteiger charge is -2.35. The van der Waals surface area contributed by atoms with Crippen LogP contribution in [0.2, 0.25) is 0 Å². The number of hydrogen-bond donors (Lipinski definition) is 2. The number of likely N-dealkylation sites (tertiary alicyclic amines) is 1. The van der Waals surface area contributed by atoms with Crippen molar-refractivity contribution in [1.29, 1.82) is 0 Å². The summed E-state index contributed by atoms with van der Waals surface area (Å²) in [5, 5.41) is 6.16. The Labute approximate surface area is 152 Å². The molecule has 0 aliphatic carbocycles. The van der Waals surface area contributed by atoms with Crippen molar-refractivity contribution in [2.75, 3.05) is 26.7 Å². The molecule has 0 saturated carbocycles. The van der Waals surface area contributed by atoms with Crippen molar-refractivity contribution in [1.82, 2.24) is 15.5 Å². The molecule has 1 fully saturated rings. The Morgan fingerprint density at radius 3 is 2.64 bits per heavy atom. The quantitative estimate of drug-likeness (QED) is 0.793. The number of carbonyl (C=O) groups excluding carboxylic acids is 1. The van der Waals surface area contributed by atoms with E-state index < -0.39 is 0 Å². The SMILES string of the molecule is CCC(NC(=O)NCC1CCCN(C(C)C)C1)c1ccc(OC)cc1. The summed E-state index contributed by atoms with van der Waals surface area (Å²) in [6, 6.07) is 8.40. The van der Waals surface area contributed by atoms with Gasteiger partial charge in [0, 0.05) is 19.1 Å². The number of hydrogen-bond acceptors (Lipinski definition) is 3. The van der Waals surface area contributed by atoms with E-state index in [0.717, 1.165) is 30.8 Å². The molecule has 2 atom stereocenters. The molecule has 0 aromatic heterocycles. The number of methoxy groups -OCH3 is 1. The van der Waals surface area contributed by atoms with E-state index in [2.05, 4.69) is 36.3 Å². The zero-order valence-corrected chi connectivity index (χ0v) is 16.0. The number of urea groups is 1. The molecular formula is C20H33N3O2. The van der Waals surface area contributed by atoms with Gasteiger partial charge in [0.25, 0.3) is 0 Å². The Bertz CT molecular complexity index is 530. The number of rotatable bonds is 7. The van der Waals surface area contributed by atoms with Crippen molar-refractivity contribution in [3.8, 4) is 5.75 Å². The molecule has 1 heterocycles. The summed E-state index contributed by atoms with van der Waals surface area (Å²) in [5.41, 5.74) is 1.10. The maximum atomic E-state index is 12.3. The topological polar surface area (TPSA) is 53.6 Å². The first-order valence-electron chi connectivity index (χ1n) is 9.45.